The Morgan fingerprint density at radius 3 is 2.77 bits per heavy atom. The monoisotopic (exact) mass is 371 g/mol. The normalized spacial score (nSPS) is 15.6. The van der Waals surface area contributed by atoms with Gasteiger partial charge < -0.3 is 9.47 Å². The number of nitrogens with zero attached hydrogens (tertiary/aromatic N) is 1. The SMILES string of the molecule is CCc1ccc(Oc2ccnc3ccc(S(=O)C4COC4)cc23)cc1F. The summed E-state index contributed by atoms with van der Waals surface area (Å²) >= 11 is 0. The predicted molar refractivity (Wildman–Crippen MR) is 98.6 cm³/mol. The van der Waals surface area contributed by atoms with Crippen LogP contribution >= 0.6 is 0 Å². The highest BCUT2D eigenvalue weighted by molar-refractivity contribution is 7.85. The van der Waals surface area contributed by atoms with Crippen LogP contribution in [0.25, 0.3) is 10.9 Å². The lowest BCUT2D eigenvalue weighted by Gasteiger charge is -2.25. The maximum atomic E-state index is 14.0. The minimum Gasteiger partial charge on any atom is -0.456 e. The molecule has 0 amide bonds. The molecular formula is C20H18FNO3S. The number of benzene rings is 2. The molecule has 2 aromatic carbocycles. The van der Waals surface area contributed by atoms with Crippen molar-refractivity contribution in [1.82, 2.24) is 4.98 Å². The number of hydrogen-bond donors (Lipinski definition) is 0. The fraction of sp³-hybridized carbons (Fsp3) is 0.250. The van der Waals surface area contributed by atoms with E-state index in [0.29, 0.717) is 36.7 Å². The molecular weight excluding hydrogens is 353 g/mol. The fourth-order valence-electron chi connectivity index (χ4n) is 2.85. The summed E-state index contributed by atoms with van der Waals surface area (Å²) in [5.74, 6) is 0.698. The zero-order valence-electron chi connectivity index (χ0n) is 14.3. The molecule has 0 bridgehead atoms. The van der Waals surface area contributed by atoms with E-state index < -0.39 is 10.8 Å². The van der Waals surface area contributed by atoms with E-state index in [9.17, 15) is 8.60 Å². The highest BCUT2D eigenvalue weighted by Gasteiger charge is 2.26. The first-order valence-corrected chi connectivity index (χ1v) is 9.70. The number of halogens is 1. The number of hydrogen-bond acceptors (Lipinski definition) is 4. The van der Waals surface area contributed by atoms with E-state index in [1.807, 2.05) is 25.1 Å². The number of aryl methyl sites for hydroxylation is 1. The van der Waals surface area contributed by atoms with Crippen molar-refractivity contribution < 1.29 is 18.1 Å². The Morgan fingerprint density at radius 2 is 2.08 bits per heavy atom. The molecule has 0 radical (unpaired) electrons. The fourth-order valence-corrected chi connectivity index (χ4v) is 4.11. The first-order valence-electron chi connectivity index (χ1n) is 8.49. The van der Waals surface area contributed by atoms with E-state index >= 15 is 0 Å². The third kappa shape index (κ3) is 3.22. The largest absolute Gasteiger partial charge is 0.456 e. The Bertz CT molecular complexity index is 988. The highest BCUT2D eigenvalue weighted by Crippen LogP contribution is 2.31. The molecule has 1 aliphatic heterocycles. The van der Waals surface area contributed by atoms with Crippen LogP contribution in [0.2, 0.25) is 0 Å². The highest BCUT2D eigenvalue weighted by atomic mass is 32.2. The van der Waals surface area contributed by atoms with Crippen molar-refractivity contribution in [2.24, 2.45) is 0 Å². The molecule has 26 heavy (non-hydrogen) atoms. The summed E-state index contributed by atoms with van der Waals surface area (Å²) in [6, 6.07) is 12.1. The zero-order valence-corrected chi connectivity index (χ0v) is 15.1. The van der Waals surface area contributed by atoms with Crippen LogP contribution in [0.1, 0.15) is 12.5 Å². The average molecular weight is 371 g/mol. The Labute approximate surface area is 153 Å². The van der Waals surface area contributed by atoms with Gasteiger partial charge in [0.2, 0.25) is 0 Å². The maximum Gasteiger partial charge on any atom is 0.138 e. The number of ether oxygens (including phenoxy) is 2. The van der Waals surface area contributed by atoms with E-state index in [1.54, 1.807) is 24.4 Å². The molecule has 1 atom stereocenters. The van der Waals surface area contributed by atoms with E-state index in [-0.39, 0.29) is 11.1 Å². The molecule has 2 heterocycles. The van der Waals surface area contributed by atoms with E-state index in [2.05, 4.69) is 4.98 Å². The number of fused-ring (bicyclic) bond motifs is 1. The first kappa shape index (κ1) is 17.1. The second kappa shape index (κ2) is 7.13. The lowest BCUT2D eigenvalue weighted by atomic mass is 10.1. The van der Waals surface area contributed by atoms with Gasteiger partial charge in [0.05, 0.1) is 34.8 Å². The van der Waals surface area contributed by atoms with Gasteiger partial charge in [-0.1, -0.05) is 13.0 Å². The molecule has 0 aliphatic carbocycles. The average Bonchev–Trinajstić information content (AvgIpc) is 2.60. The van der Waals surface area contributed by atoms with Crippen molar-refractivity contribution in [2.75, 3.05) is 13.2 Å². The quantitative estimate of drug-likeness (QED) is 0.673. The van der Waals surface area contributed by atoms with E-state index in [0.717, 1.165) is 15.8 Å². The molecule has 1 aromatic heterocycles. The van der Waals surface area contributed by atoms with Gasteiger partial charge in [-0.15, -0.1) is 0 Å². The van der Waals surface area contributed by atoms with Crippen LogP contribution in [0, 0.1) is 5.82 Å². The van der Waals surface area contributed by atoms with E-state index in [4.69, 9.17) is 9.47 Å². The second-order valence-corrected chi connectivity index (χ2v) is 7.89. The van der Waals surface area contributed by atoms with Crippen molar-refractivity contribution in [3.63, 3.8) is 0 Å². The standard InChI is InChI=1S/C20H18FNO3S/c1-2-13-3-4-14(9-18(13)21)25-20-7-8-22-19-6-5-15(10-17(19)20)26(23)16-11-24-12-16/h3-10,16H,2,11-12H2,1H3. The first-order chi connectivity index (χ1) is 12.7. The summed E-state index contributed by atoms with van der Waals surface area (Å²) in [5, 5.41) is 0.780. The van der Waals surface area contributed by atoms with Crippen LogP contribution in [0.5, 0.6) is 11.5 Å². The molecule has 6 heteroatoms. The van der Waals surface area contributed by atoms with Gasteiger partial charge in [0, 0.05) is 22.5 Å². The molecule has 0 N–H and O–H groups in total. The molecule has 4 nitrogen and oxygen atoms in total. The molecule has 3 aromatic rings. The summed E-state index contributed by atoms with van der Waals surface area (Å²) in [6.45, 7) is 2.94. The molecule has 1 aliphatic rings. The summed E-state index contributed by atoms with van der Waals surface area (Å²) in [6.07, 6.45) is 2.27. The Morgan fingerprint density at radius 1 is 1.23 bits per heavy atom. The van der Waals surface area contributed by atoms with Gasteiger partial charge in [-0.25, -0.2) is 4.39 Å². The van der Waals surface area contributed by atoms with Crippen molar-refractivity contribution in [3.8, 4) is 11.5 Å². The van der Waals surface area contributed by atoms with E-state index in [1.165, 1.54) is 6.07 Å². The summed E-state index contributed by atoms with van der Waals surface area (Å²) < 4.78 is 37.6. The van der Waals surface area contributed by atoms with Gasteiger partial charge in [-0.05, 0) is 42.3 Å². The van der Waals surface area contributed by atoms with Gasteiger partial charge in [0.15, 0.2) is 0 Å². The van der Waals surface area contributed by atoms with Crippen LogP contribution in [0.4, 0.5) is 4.39 Å². The third-order valence-electron chi connectivity index (χ3n) is 4.45. The van der Waals surface area contributed by atoms with Gasteiger partial charge in [-0.3, -0.25) is 9.19 Å². The third-order valence-corrected chi connectivity index (χ3v) is 6.05. The molecule has 0 saturated carbocycles. The molecule has 1 fully saturated rings. The number of pyridine rings is 1. The minimum absolute atomic E-state index is 0.0316. The van der Waals surface area contributed by atoms with Crippen LogP contribution in [-0.2, 0) is 22.0 Å². The minimum atomic E-state index is -1.13. The maximum absolute atomic E-state index is 14.0. The predicted octanol–water partition coefficient (Wildman–Crippen LogP) is 4.24. The van der Waals surface area contributed by atoms with Crippen LogP contribution in [0.3, 0.4) is 0 Å². The van der Waals surface area contributed by atoms with Crippen LogP contribution < -0.4 is 4.74 Å². The summed E-state index contributed by atoms with van der Waals surface area (Å²) in [5.41, 5.74) is 1.39. The molecule has 1 saturated heterocycles. The topological polar surface area (TPSA) is 48.4 Å². The van der Waals surface area contributed by atoms with Crippen molar-refractivity contribution in [2.45, 2.75) is 23.5 Å². The molecule has 4 rings (SSSR count). The Balaban J connectivity index is 1.70. The van der Waals surface area contributed by atoms with Gasteiger partial charge >= 0.3 is 0 Å². The van der Waals surface area contributed by atoms with Crippen molar-refractivity contribution in [3.05, 3.63) is 60.0 Å². The number of rotatable bonds is 5. The number of aromatic nitrogens is 1. The lowest BCUT2D eigenvalue weighted by molar-refractivity contribution is 0.0435. The van der Waals surface area contributed by atoms with Crippen LogP contribution in [-0.4, -0.2) is 27.7 Å². The molecule has 1 unspecified atom stereocenters. The Hall–Kier alpha value is -2.31. The van der Waals surface area contributed by atoms with Crippen molar-refractivity contribution in [1.29, 1.82) is 0 Å². The summed E-state index contributed by atoms with van der Waals surface area (Å²) in [4.78, 5) is 5.05. The molecule has 0 spiro atoms. The Kier molecular flexibility index (Phi) is 4.70. The summed E-state index contributed by atoms with van der Waals surface area (Å²) in [7, 11) is -1.13. The molecule has 134 valence electrons. The zero-order chi connectivity index (χ0) is 18.1. The lowest BCUT2D eigenvalue weighted by Crippen LogP contribution is -2.37. The smallest absolute Gasteiger partial charge is 0.138 e. The van der Waals surface area contributed by atoms with Gasteiger partial charge in [0.1, 0.15) is 17.3 Å². The van der Waals surface area contributed by atoms with Crippen molar-refractivity contribution >= 4 is 21.7 Å². The van der Waals surface area contributed by atoms with Gasteiger partial charge in [0.25, 0.3) is 0 Å². The second-order valence-electron chi connectivity index (χ2n) is 6.15. The van der Waals surface area contributed by atoms with Gasteiger partial charge in [-0.2, -0.15) is 0 Å². The van der Waals surface area contributed by atoms with Crippen LogP contribution in [0.15, 0.2) is 53.6 Å².